The predicted molar refractivity (Wildman–Crippen MR) is 136 cm³/mol. The summed E-state index contributed by atoms with van der Waals surface area (Å²) in [4.78, 5) is 31.3. The van der Waals surface area contributed by atoms with Crippen LogP contribution in [0.4, 0.5) is 0 Å². The number of carbonyl (C=O) groups excluding carboxylic acids is 2. The number of aryl methyl sites for hydroxylation is 1. The zero-order valence-corrected chi connectivity index (χ0v) is 22.3. The summed E-state index contributed by atoms with van der Waals surface area (Å²) in [6.45, 7) is 9.59. The lowest BCUT2D eigenvalue weighted by atomic mass is 9.82. The van der Waals surface area contributed by atoms with Crippen LogP contribution in [-0.2, 0) is 22.3 Å². The highest BCUT2D eigenvalue weighted by molar-refractivity contribution is 5.99. The number of fused-ring (bicyclic) bond motifs is 3. The van der Waals surface area contributed by atoms with Gasteiger partial charge < -0.3 is 18.9 Å². The summed E-state index contributed by atoms with van der Waals surface area (Å²) >= 11 is 0. The van der Waals surface area contributed by atoms with E-state index in [1.54, 1.807) is 11.7 Å². The minimum Gasteiger partial charge on any atom is -0.493 e. The molecule has 36 heavy (non-hydrogen) atoms. The number of Topliss-reactive ketones (excluding diaryl/α,β-unsaturated/α-hetero) is 1. The van der Waals surface area contributed by atoms with Gasteiger partial charge >= 0.3 is 5.97 Å². The number of ether oxygens (including phenoxy) is 4. The molecule has 0 amide bonds. The molecule has 1 aromatic heterocycles. The molecule has 0 radical (unpaired) electrons. The molecule has 196 valence electrons. The van der Waals surface area contributed by atoms with E-state index < -0.39 is 5.97 Å². The van der Waals surface area contributed by atoms with E-state index in [9.17, 15) is 9.59 Å². The van der Waals surface area contributed by atoms with Gasteiger partial charge in [-0.05, 0) is 69.4 Å². The van der Waals surface area contributed by atoms with Crippen molar-refractivity contribution in [2.24, 2.45) is 11.3 Å². The monoisotopic (exact) mass is 498 g/mol. The van der Waals surface area contributed by atoms with Crippen molar-refractivity contribution in [3.8, 4) is 17.2 Å². The van der Waals surface area contributed by atoms with Gasteiger partial charge in [-0.3, -0.25) is 9.36 Å². The third kappa shape index (κ3) is 5.28. The molecule has 1 aromatic carbocycles. The average Bonchev–Trinajstić information content (AvgIpc) is 3.26. The van der Waals surface area contributed by atoms with E-state index in [0.29, 0.717) is 43.2 Å². The van der Waals surface area contributed by atoms with E-state index >= 15 is 0 Å². The zero-order chi connectivity index (χ0) is 26.0. The van der Waals surface area contributed by atoms with Gasteiger partial charge in [0.1, 0.15) is 5.69 Å². The number of hydrogen-bond donors (Lipinski definition) is 0. The normalized spacial score (nSPS) is 19.4. The van der Waals surface area contributed by atoms with Crippen LogP contribution in [0, 0.1) is 11.3 Å². The lowest BCUT2D eigenvalue weighted by Crippen LogP contribution is -2.23. The SMILES string of the molecule is COC(=O)c1nc(C(=O)C2CCCOCC(C)(C)CC2)c2n1-c1cc(OC(C)C)c(OC)cc1CC2. The van der Waals surface area contributed by atoms with Crippen molar-refractivity contribution in [2.45, 2.75) is 72.3 Å². The van der Waals surface area contributed by atoms with Crippen molar-refractivity contribution in [1.82, 2.24) is 9.55 Å². The number of rotatable bonds is 6. The minimum atomic E-state index is -0.575. The summed E-state index contributed by atoms with van der Waals surface area (Å²) in [7, 11) is 2.94. The fourth-order valence-electron chi connectivity index (χ4n) is 5.14. The highest BCUT2D eigenvalue weighted by Gasteiger charge is 2.35. The van der Waals surface area contributed by atoms with Gasteiger partial charge in [0.25, 0.3) is 0 Å². The number of carbonyl (C=O) groups is 2. The summed E-state index contributed by atoms with van der Waals surface area (Å²) in [6, 6.07) is 3.82. The number of nitrogens with zero attached hydrogens (tertiary/aromatic N) is 2. The number of ketones is 1. The quantitative estimate of drug-likeness (QED) is 0.410. The molecule has 2 aromatic rings. The first-order valence-corrected chi connectivity index (χ1v) is 12.8. The lowest BCUT2D eigenvalue weighted by molar-refractivity contribution is 0.0584. The van der Waals surface area contributed by atoms with Crippen LogP contribution in [0.25, 0.3) is 5.69 Å². The van der Waals surface area contributed by atoms with Crippen molar-refractivity contribution in [2.75, 3.05) is 27.4 Å². The molecule has 2 aliphatic heterocycles. The van der Waals surface area contributed by atoms with E-state index in [0.717, 1.165) is 42.6 Å². The van der Waals surface area contributed by atoms with Crippen molar-refractivity contribution < 1.29 is 28.5 Å². The summed E-state index contributed by atoms with van der Waals surface area (Å²) < 4.78 is 24.2. The van der Waals surface area contributed by atoms with Crippen molar-refractivity contribution in [3.63, 3.8) is 0 Å². The number of aromatic nitrogens is 2. The molecule has 3 heterocycles. The molecule has 4 rings (SSSR count). The van der Waals surface area contributed by atoms with Crippen LogP contribution in [0.5, 0.6) is 11.5 Å². The van der Waals surface area contributed by atoms with Crippen molar-refractivity contribution in [3.05, 3.63) is 34.9 Å². The molecule has 1 fully saturated rings. The Kier molecular flexibility index (Phi) is 7.73. The van der Waals surface area contributed by atoms with E-state index in [-0.39, 0.29) is 29.0 Å². The summed E-state index contributed by atoms with van der Waals surface area (Å²) in [5.41, 5.74) is 2.91. The second-order valence-corrected chi connectivity index (χ2v) is 10.8. The molecule has 1 atom stereocenters. The van der Waals surface area contributed by atoms with Crippen LogP contribution in [-0.4, -0.2) is 54.8 Å². The molecule has 8 heteroatoms. The maximum absolute atomic E-state index is 13.9. The highest BCUT2D eigenvalue weighted by atomic mass is 16.5. The van der Waals surface area contributed by atoms with E-state index in [2.05, 4.69) is 18.8 Å². The average molecular weight is 499 g/mol. The molecule has 2 aliphatic rings. The Morgan fingerprint density at radius 1 is 1.14 bits per heavy atom. The Hall–Kier alpha value is -2.87. The van der Waals surface area contributed by atoms with Gasteiger partial charge in [-0.15, -0.1) is 0 Å². The van der Waals surface area contributed by atoms with Crippen molar-refractivity contribution in [1.29, 1.82) is 0 Å². The molecular weight excluding hydrogens is 460 g/mol. The number of hydrogen-bond acceptors (Lipinski definition) is 7. The Morgan fingerprint density at radius 3 is 2.61 bits per heavy atom. The van der Waals surface area contributed by atoms with E-state index in [4.69, 9.17) is 18.9 Å². The van der Waals surface area contributed by atoms with Gasteiger partial charge in [0, 0.05) is 18.6 Å². The number of esters is 1. The zero-order valence-electron chi connectivity index (χ0n) is 22.3. The summed E-state index contributed by atoms with van der Waals surface area (Å²) in [6.07, 6.45) is 4.46. The van der Waals surface area contributed by atoms with Crippen LogP contribution in [0.1, 0.15) is 85.7 Å². The molecule has 0 bridgehead atoms. The van der Waals surface area contributed by atoms with Gasteiger partial charge in [-0.2, -0.15) is 0 Å². The van der Waals surface area contributed by atoms with Crippen molar-refractivity contribution >= 4 is 11.8 Å². The first-order chi connectivity index (χ1) is 17.1. The Bertz CT molecular complexity index is 1130. The van der Waals surface area contributed by atoms with Crippen LogP contribution < -0.4 is 9.47 Å². The number of methoxy groups -OCH3 is 2. The van der Waals surface area contributed by atoms with Gasteiger partial charge in [-0.1, -0.05) is 13.8 Å². The van der Waals surface area contributed by atoms with Gasteiger partial charge in [0.2, 0.25) is 5.82 Å². The second-order valence-electron chi connectivity index (χ2n) is 10.8. The maximum atomic E-state index is 13.9. The van der Waals surface area contributed by atoms with Crippen LogP contribution in [0.2, 0.25) is 0 Å². The molecule has 8 nitrogen and oxygen atoms in total. The number of benzene rings is 1. The van der Waals surface area contributed by atoms with Gasteiger partial charge in [-0.25, -0.2) is 9.78 Å². The summed E-state index contributed by atoms with van der Waals surface area (Å²) in [5.74, 6) is 0.598. The third-order valence-electron chi connectivity index (χ3n) is 7.05. The molecule has 0 N–H and O–H groups in total. The first kappa shape index (κ1) is 26.2. The highest BCUT2D eigenvalue weighted by Crippen LogP contribution is 2.39. The maximum Gasteiger partial charge on any atom is 0.374 e. The molecule has 0 aliphatic carbocycles. The van der Waals surface area contributed by atoms with Gasteiger partial charge in [0.15, 0.2) is 17.3 Å². The second kappa shape index (κ2) is 10.6. The smallest absolute Gasteiger partial charge is 0.374 e. The van der Waals surface area contributed by atoms with Crippen LogP contribution >= 0.6 is 0 Å². The molecular formula is C28H38N2O6. The minimum absolute atomic E-state index is 0.00205. The first-order valence-electron chi connectivity index (χ1n) is 12.8. The summed E-state index contributed by atoms with van der Waals surface area (Å²) in [5, 5.41) is 0. The van der Waals surface area contributed by atoms with E-state index in [1.807, 2.05) is 26.0 Å². The third-order valence-corrected chi connectivity index (χ3v) is 7.05. The Morgan fingerprint density at radius 2 is 1.92 bits per heavy atom. The topological polar surface area (TPSA) is 88.9 Å². The van der Waals surface area contributed by atoms with Crippen LogP contribution in [0.3, 0.4) is 0 Å². The Balaban J connectivity index is 1.79. The van der Waals surface area contributed by atoms with Gasteiger partial charge in [0.05, 0.1) is 38.3 Å². The fraction of sp³-hybridized carbons (Fsp3) is 0.607. The lowest BCUT2D eigenvalue weighted by Gasteiger charge is -2.25. The molecule has 1 unspecified atom stereocenters. The van der Waals surface area contributed by atoms with Crippen LogP contribution in [0.15, 0.2) is 12.1 Å². The molecule has 1 saturated heterocycles. The Labute approximate surface area is 213 Å². The predicted octanol–water partition coefficient (Wildman–Crippen LogP) is 4.97. The molecule has 0 saturated carbocycles. The molecule has 0 spiro atoms. The largest absolute Gasteiger partial charge is 0.493 e. The number of imidazole rings is 1. The fourth-order valence-corrected chi connectivity index (χ4v) is 5.14. The standard InChI is InChI=1S/C28H38N2O6/c1-17(2)36-23-15-21-19(14-22(23)33-5)9-10-20-24(29-26(30(20)21)27(32)34-6)25(31)18-8-7-13-35-16-28(3,4)12-11-18/h14-15,17-18H,7-13,16H2,1-6H3. The van der Waals surface area contributed by atoms with E-state index in [1.165, 1.54) is 7.11 Å².